The van der Waals surface area contributed by atoms with Gasteiger partial charge in [0.25, 0.3) is 5.91 Å². The van der Waals surface area contributed by atoms with Crippen molar-refractivity contribution in [1.82, 2.24) is 15.2 Å². The van der Waals surface area contributed by atoms with Gasteiger partial charge in [-0.25, -0.2) is 9.18 Å². The molecule has 0 unspecified atom stereocenters. The number of aromatic nitrogens is 1. The number of anilines is 2. The van der Waals surface area contributed by atoms with Gasteiger partial charge >= 0.3 is 6.03 Å². The number of hydrogen-bond donors (Lipinski definition) is 3. The van der Waals surface area contributed by atoms with Crippen LogP contribution < -0.4 is 16.0 Å². The summed E-state index contributed by atoms with van der Waals surface area (Å²) in [6.45, 7) is 7.86. The molecule has 4 aromatic rings. The minimum atomic E-state index is -0.462. The molecule has 9 heteroatoms. The summed E-state index contributed by atoms with van der Waals surface area (Å²) in [5.74, 6) is -0.537. The van der Waals surface area contributed by atoms with Gasteiger partial charge in [0, 0.05) is 41.3 Å². The Morgan fingerprint density at radius 3 is 2.49 bits per heavy atom. The molecule has 3 N–H and O–H groups in total. The van der Waals surface area contributed by atoms with Crippen LogP contribution >= 0.6 is 11.3 Å². The molecule has 3 amide bonds. The van der Waals surface area contributed by atoms with Gasteiger partial charge in [-0.05, 0) is 67.3 Å². The Hall–Kier alpha value is -3.82. The van der Waals surface area contributed by atoms with Gasteiger partial charge < -0.3 is 20.9 Å². The maximum Gasteiger partial charge on any atom is 0.323 e. The molecular formula is C28H30FN5O2S. The van der Waals surface area contributed by atoms with Crippen LogP contribution in [0.5, 0.6) is 0 Å². The average Bonchev–Trinajstić information content (AvgIpc) is 3.33. The van der Waals surface area contributed by atoms with Gasteiger partial charge in [0.05, 0.1) is 10.3 Å². The number of hydrogen-bond acceptors (Lipinski definition) is 5. The zero-order valence-electron chi connectivity index (χ0n) is 20.9. The minimum absolute atomic E-state index is 0.116. The summed E-state index contributed by atoms with van der Waals surface area (Å²) in [5.41, 5.74) is 3.46. The molecule has 2 aromatic heterocycles. The van der Waals surface area contributed by atoms with Crippen LogP contribution in [0, 0.1) is 5.82 Å². The van der Waals surface area contributed by atoms with Gasteiger partial charge in [-0.3, -0.25) is 9.78 Å². The van der Waals surface area contributed by atoms with Crippen LogP contribution in [-0.4, -0.2) is 48.0 Å². The smallest absolute Gasteiger partial charge is 0.323 e. The number of amides is 3. The number of thiophene rings is 1. The van der Waals surface area contributed by atoms with E-state index in [1.165, 1.54) is 29.5 Å². The Kier molecular flexibility index (Phi) is 8.81. The number of nitrogens with zero attached hydrogens (tertiary/aromatic N) is 2. The SMILES string of the molecule is CCN(CC)CCCNC(=O)c1cncc2c(-c3ccc(NC(=O)Nc4cccc(F)c4)cc3)csc12. The third-order valence-electron chi connectivity index (χ3n) is 6.09. The van der Waals surface area contributed by atoms with Crippen molar-refractivity contribution in [3.63, 3.8) is 0 Å². The van der Waals surface area contributed by atoms with Crippen molar-refractivity contribution in [2.75, 3.05) is 36.8 Å². The van der Waals surface area contributed by atoms with Crippen LogP contribution in [0.1, 0.15) is 30.6 Å². The van der Waals surface area contributed by atoms with Crippen LogP contribution in [0.25, 0.3) is 21.2 Å². The lowest BCUT2D eigenvalue weighted by Gasteiger charge is -2.17. The topological polar surface area (TPSA) is 86.4 Å². The van der Waals surface area contributed by atoms with Crippen molar-refractivity contribution in [1.29, 1.82) is 0 Å². The Morgan fingerprint density at radius 2 is 1.76 bits per heavy atom. The molecule has 0 aliphatic rings. The number of rotatable bonds is 10. The normalized spacial score (nSPS) is 11.0. The van der Waals surface area contributed by atoms with E-state index in [0.717, 1.165) is 47.3 Å². The van der Waals surface area contributed by atoms with Gasteiger partial charge in [-0.15, -0.1) is 11.3 Å². The molecule has 192 valence electrons. The van der Waals surface area contributed by atoms with Crippen LogP contribution in [0.15, 0.2) is 66.3 Å². The standard InChI is InChI=1S/C28H30FN5O2S/c1-3-34(4-2)14-6-13-31-27(35)24-17-30-16-23-25(18-37-26(23)24)19-9-11-21(12-10-19)32-28(36)33-22-8-5-7-20(29)15-22/h5,7-12,15-18H,3-4,6,13-14H2,1-2H3,(H,31,35)(H2,32,33,36). The summed E-state index contributed by atoms with van der Waals surface area (Å²) >= 11 is 1.51. The number of halogens is 1. The van der Waals surface area contributed by atoms with E-state index in [2.05, 4.69) is 39.7 Å². The number of urea groups is 1. The molecule has 2 heterocycles. The molecular weight excluding hydrogens is 489 g/mol. The van der Waals surface area contributed by atoms with Crippen LogP contribution in [-0.2, 0) is 0 Å². The molecule has 0 bridgehead atoms. The number of carbonyl (C=O) groups is 2. The van der Waals surface area contributed by atoms with Gasteiger partial charge in [0.1, 0.15) is 5.82 Å². The molecule has 0 atom stereocenters. The van der Waals surface area contributed by atoms with Gasteiger partial charge in [-0.1, -0.05) is 32.0 Å². The van der Waals surface area contributed by atoms with E-state index in [4.69, 9.17) is 0 Å². The molecule has 7 nitrogen and oxygen atoms in total. The first-order chi connectivity index (χ1) is 18.0. The first kappa shape index (κ1) is 26.2. The zero-order chi connectivity index (χ0) is 26.2. The van der Waals surface area contributed by atoms with Crippen molar-refractivity contribution in [2.45, 2.75) is 20.3 Å². The fourth-order valence-corrected chi connectivity index (χ4v) is 5.13. The number of benzene rings is 2. The lowest BCUT2D eigenvalue weighted by molar-refractivity contribution is 0.0953. The second kappa shape index (κ2) is 12.4. The lowest BCUT2D eigenvalue weighted by Crippen LogP contribution is -2.30. The van der Waals surface area contributed by atoms with E-state index in [0.29, 0.717) is 23.5 Å². The maximum absolute atomic E-state index is 13.3. The Balaban J connectivity index is 1.41. The van der Waals surface area contributed by atoms with E-state index >= 15 is 0 Å². The summed E-state index contributed by atoms with van der Waals surface area (Å²) in [7, 11) is 0. The van der Waals surface area contributed by atoms with Crippen molar-refractivity contribution < 1.29 is 14.0 Å². The monoisotopic (exact) mass is 519 g/mol. The van der Waals surface area contributed by atoms with Gasteiger partial charge in [-0.2, -0.15) is 0 Å². The largest absolute Gasteiger partial charge is 0.352 e. The number of fused-ring (bicyclic) bond motifs is 1. The first-order valence-electron chi connectivity index (χ1n) is 12.3. The van der Waals surface area contributed by atoms with E-state index in [1.54, 1.807) is 30.6 Å². The fourth-order valence-electron chi connectivity index (χ4n) is 4.07. The van der Waals surface area contributed by atoms with E-state index in [-0.39, 0.29) is 5.91 Å². The summed E-state index contributed by atoms with van der Waals surface area (Å²) in [6.07, 6.45) is 4.29. The molecule has 37 heavy (non-hydrogen) atoms. The molecule has 0 fully saturated rings. The lowest BCUT2D eigenvalue weighted by atomic mass is 10.0. The van der Waals surface area contributed by atoms with Crippen molar-refractivity contribution in [3.05, 3.63) is 77.7 Å². The Labute approximate surface area is 219 Å². The molecule has 0 aliphatic carbocycles. The summed E-state index contributed by atoms with van der Waals surface area (Å²) < 4.78 is 14.2. The summed E-state index contributed by atoms with van der Waals surface area (Å²) in [6, 6.07) is 12.6. The molecule has 4 rings (SSSR count). The number of pyridine rings is 1. The number of nitrogens with one attached hydrogen (secondary N) is 3. The van der Waals surface area contributed by atoms with Crippen LogP contribution in [0.3, 0.4) is 0 Å². The minimum Gasteiger partial charge on any atom is -0.352 e. The van der Waals surface area contributed by atoms with Crippen LogP contribution in [0.4, 0.5) is 20.6 Å². The molecule has 0 aliphatic heterocycles. The Morgan fingerprint density at radius 1 is 1.00 bits per heavy atom. The third kappa shape index (κ3) is 6.69. The molecule has 0 saturated carbocycles. The van der Waals surface area contributed by atoms with Gasteiger partial charge in [0.2, 0.25) is 0 Å². The van der Waals surface area contributed by atoms with E-state index in [9.17, 15) is 14.0 Å². The number of carbonyl (C=O) groups excluding carboxylic acids is 2. The molecule has 0 spiro atoms. The molecule has 0 saturated heterocycles. The highest BCUT2D eigenvalue weighted by molar-refractivity contribution is 7.18. The van der Waals surface area contributed by atoms with E-state index in [1.807, 2.05) is 17.5 Å². The highest BCUT2D eigenvalue weighted by Gasteiger charge is 2.15. The highest BCUT2D eigenvalue weighted by atomic mass is 32.1. The van der Waals surface area contributed by atoms with Crippen molar-refractivity contribution in [3.8, 4) is 11.1 Å². The second-order valence-corrected chi connectivity index (χ2v) is 9.40. The third-order valence-corrected chi connectivity index (χ3v) is 7.12. The predicted octanol–water partition coefficient (Wildman–Crippen LogP) is 6.21. The predicted molar refractivity (Wildman–Crippen MR) is 149 cm³/mol. The summed E-state index contributed by atoms with van der Waals surface area (Å²) in [5, 5.41) is 11.3. The van der Waals surface area contributed by atoms with Crippen molar-refractivity contribution >= 4 is 44.7 Å². The quantitative estimate of drug-likeness (QED) is 0.218. The Bertz CT molecular complexity index is 1370. The average molecular weight is 520 g/mol. The summed E-state index contributed by atoms with van der Waals surface area (Å²) in [4.78, 5) is 31.8. The first-order valence-corrected chi connectivity index (χ1v) is 13.2. The fraction of sp³-hybridized carbons (Fsp3) is 0.250. The molecule has 2 aromatic carbocycles. The van der Waals surface area contributed by atoms with E-state index < -0.39 is 11.8 Å². The van der Waals surface area contributed by atoms with Gasteiger partial charge in [0.15, 0.2) is 0 Å². The highest BCUT2D eigenvalue weighted by Crippen LogP contribution is 2.35. The molecule has 0 radical (unpaired) electrons. The zero-order valence-corrected chi connectivity index (χ0v) is 21.7. The maximum atomic E-state index is 13.3. The van der Waals surface area contributed by atoms with Crippen molar-refractivity contribution in [2.24, 2.45) is 0 Å². The van der Waals surface area contributed by atoms with Crippen LogP contribution in [0.2, 0.25) is 0 Å². The second-order valence-electron chi connectivity index (χ2n) is 8.52.